The quantitative estimate of drug-likeness (QED) is 0.251. The average molecular weight is 523 g/mol. The summed E-state index contributed by atoms with van der Waals surface area (Å²) in [4.78, 5) is 30.4. The fourth-order valence-corrected chi connectivity index (χ4v) is 4.92. The van der Waals surface area contributed by atoms with Gasteiger partial charge in [-0.15, -0.1) is 0 Å². The van der Waals surface area contributed by atoms with Crippen molar-refractivity contribution in [2.45, 2.75) is 19.9 Å². The van der Waals surface area contributed by atoms with Crippen molar-refractivity contribution in [1.29, 1.82) is 0 Å². The number of carbonyl (C=O) groups excluding carboxylic acids is 1. The number of fused-ring (bicyclic) bond motifs is 1. The summed E-state index contributed by atoms with van der Waals surface area (Å²) in [6.45, 7) is 5.85. The Morgan fingerprint density at radius 3 is 2.33 bits per heavy atom. The molecule has 0 spiro atoms. The highest BCUT2D eigenvalue weighted by Crippen LogP contribution is 2.45. The Balaban J connectivity index is 1.96. The van der Waals surface area contributed by atoms with E-state index in [4.69, 9.17) is 32.7 Å². The number of hydrogen-bond acceptors (Lipinski definition) is 5. The van der Waals surface area contributed by atoms with Crippen molar-refractivity contribution in [2.75, 3.05) is 14.2 Å². The van der Waals surface area contributed by atoms with E-state index in [1.54, 1.807) is 22.9 Å². The van der Waals surface area contributed by atoms with Crippen LogP contribution in [0.15, 0.2) is 66.1 Å². The Morgan fingerprint density at radius 1 is 1.06 bits per heavy atom. The number of methoxy groups -OCH3 is 2. The Bertz CT molecular complexity index is 1530. The minimum Gasteiger partial charge on any atom is -0.495 e. The van der Waals surface area contributed by atoms with Gasteiger partial charge in [0.1, 0.15) is 11.5 Å². The molecular weight excluding hydrogens is 499 g/mol. The summed E-state index contributed by atoms with van der Waals surface area (Å²) in [6, 6.07) is 12.7. The molecule has 2 aromatic heterocycles. The number of allylic oxidation sites excluding steroid dienone is 1. The van der Waals surface area contributed by atoms with Crippen molar-refractivity contribution >= 4 is 39.9 Å². The normalized spacial score (nSPS) is 10.9. The summed E-state index contributed by atoms with van der Waals surface area (Å²) in [5.41, 5.74) is 3.38. The minimum absolute atomic E-state index is 0.0826. The first-order valence-corrected chi connectivity index (χ1v) is 12.0. The van der Waals surface area contributed by atoms with Crippen LogP contribution in [0, 0.1) is 0 Å². The van der Waals surface area contributed by atoms with Gasteiger partial charge >= 0.3 is 0 Å². The fourth-order valence-electron chi connectivity index (χ4n) is 4.22. The third-order valence-corrected chi connectivity index (χ3v) is 6.77. The zero-order chi connectivity index (χ0) is 26.0. The first kappa shape index (κ1) is 25.5. The number of aryl methyl sites for hydroxylation is 1. The molecule has 0 atom stereocenters. The lowest BCUT2D eigenvalue weighted by atomic mass is 9.98. The van der Waals surface area contributed by atoms with E-state index in [0.29, 0.717) is 40.4 Å². The van der Waals surface area contributed by atoms with E-state index in [-0.39, 0.29) is 27.8 Å². The molecule has 0 saturated heterocycles. The van der Waals surface area contributed by atoms with Crippen LogP contribution in [0.5, 0.6) is 11.5 Å². The maximum atomic E-state index is 13.7. The number of ether oxygens (including phenoxy) is 2. The molecule has 36 heavy (non-hydrogen) atoms. The monoisotopic (exact) mass is 522 g/mol. The molecule has 0 aliphatic heterocycles. The summed E-state index contributed by atoms with van der Waals surface area (Å²) < 4.78 is 12.4. The van der Waals surface area contributed by atoms with Gasteiger partial charge in [0.2, 0.25) is 0 Å². The third kappa shape index (κ3) is 4.50. The molecule has 4 aromatic rings. The van der Waals surface area contributed by atoms with Crippen LogP contribution in [0.2, 0.25) is 10.0 Å². The number of ketones is 1. The Morgan fingerprint density at radius 2 is 1.72 bits per heavy atom. The predicted octanol–water partition coefficient (Wildman–Crippen LogP) is 6.37. The molecule has 4 rings (SSSR count). The van der Waals surface area contributed by atoms with Crippen molar-refractivity contribution in [3.05, 3.63) is 87.3 Å². The number of rotatable bonds is 8. The van der Waals surface area contributed by atoms with Crippen molar-refractivity contribution in [3.8, 4) is 33.9 Å². The first-order chi connectivity index (χ1) is 17.3. The molecule has 2 aromatic carbocycles. The number of aromatic nitrogens is 2. The Labute approximate surface area is 218 Å². The molecule has 2 heterocycles. The highest BCUT2D eigenvalue weighted by atomic mass is 35.5. The number of carbonyl (C=O) groups is 1. The number of hydrogen-bond donors (Lipinski definition) is 0. The van der Waals surface area contributed by atoms with E-state index >= 15 is 0 Å². The van der Waals surface area contributed by atoms with E-state index in [1.807, 2.05) is 37.3 Å². The van der Waals surface area contributed by atoms with Crippen molar-refractivity contribution < 1.29 is 14.3 Å². The van der Waals surface area contributed by atoms with Gasteiger partial charge in [0.15, 0.2) is 5.78 Å². The van der Waals surface area contributed by atoms with E-state index in [0.717, 1.165) is 16.5 Å². The molecule has 0 radical (unpaired) electrons. The smallest absolute Gasteiger partial charge is 0.259 e. The van der Waals surface area contributed by atoms with Gasteiger partial charge in [-0.25, -0.2) is 0 Å². The van der Waals surface area contributed by atoms with E-state index < -0.39 is 0 Å². The molecule has 0 unspecified atom stereocenters. The number of pyridine rings is 2. The first-order valence-electron chi connectivity index (χ1n) is 11.2. The SMILES string of the molecule is C=CC(=O)Cc1ccccc1-c1cc2c(cn1)cc(-c1c(Cl)c(OC)cc(OC)c1Cl)c(=O)n2CC. The molecule has 0 amide bonds. The topological polar surface area (TPSA) is 70.4 Å². The second-order valence-electron chi connectivity index (χ2n) is 8.02. The second-order valence-corrected chi connectivity index (χ2v) is 8.78. The molecule has 184 valence electrons. The molecule has 0 fully saturated rings. The van der Waals surface area contributed by atoms with Crippen molar-refractivity contribution in [3.63, 3.8) is 0 Å². The largest absolute Gasteiger partial charge is 0.495 e. The van der Waals surface area contributed by atoms with Crippen LogP contribution in [0.4, 0.5) is 0 Å². The van der Waals surface area contributed by atoms with Crippen LogP contribution in [0.1, 0.15) is 12.5 Å². The van der Waals surface area contributed by atoms with Gasteiger partial charge in [0.05, 0.1) is 41.0 Å². The van der Waals surface area contributed by atoms with Gasteiger partial charge in [0.25, 0.3) is 5.56 Å². The average Bonchev–Trinajstić information content (AvgIpc) is 2.89. The van der Waals surface area contributed by atoms with Gasteiger partial charge in [-0.3, -0.25) is 14.6 Å². The summed E-state index contributed by atoms with van der Waals surface area (Å²) in [7, 11) is 2.96. The van der Waals surface area contributed by atoms with Crippen LogP contribution in [-0.4, -0.2) is 29.6 Å². The summed E-state index contributed by atoms with van der Waals surface area (Å²) >= 11 is 13.2. The summed E-state index contributed by atoms with van der Waals surface area (Å²) in [5.74, 6) is 0.602. The zero-order valence-corrected chi connectivity index (χ0v) is 21.6. The van der Waals surface area contributed by atoms with Crippen molar-refractivity contribution in [1.82, 2.24) is 9.55 Å². The number of benzene rings is 2. The lowest BCUT2D eigenvalue weighted by Gasteiger charge is -2.17. The molecule has 0 bridgehead atoms. The maximum absolute atomic E-state index is 13.7. The lowest BCUT2D eigenvalue weighted by Crippen LogP contribution is -2.22. The van der Waals surface area contributed by atoms with Crippen LogP contribution < -0.4 is 15.0 Å². The van der Waals surface area contributed by atoms with Gasteiger partial charge in [-0.05, 0) is 30.7 Å². The highest BCUT2D eigenvalue weighted by molar-refractivity contribution is 6.41. The number of halogens is 2. The van der Waals surface area contributed by atoms with Crippen molar-refractivity contribution in [2.24, 2.45) is 0 Å². The fraction of sp³-hybridized carbons (Fsp3) is 0.179. The maximum Gasteiger partial charge on any atom is 0.259 e. The van der Waals surface area contributed by atoms with Gasteiger partial charge < -0.3 is 14.0 Å². The standard InChI is InChI=1S/C28H24Cl2N2O4/c1-5-18(33)11-16-9-7-8-10-19(16)21-13-22-17(15-31-21)12-20(28(34)32(22)6-2)25-26(29)23(35-3)14-24(36-4)27(25)30/h5,7-10,12-15H,1,6,11H2,2-4H3. The highest BCUT2D eigenvalue weighted by Gasteiger charge is 2.23. The minimum atomic E-state index is -0.267. The van der Waals surface area contributed by atoms with E-state index in [2.05, 4.69) is 11.6 Å². The van der Waals surface area contributed by atoms with Crippen LogP contribution in [0.3, 0.4) is 0 Å². The Kier molecular flexibility index (Phi) is 7.48. The molecule has 0 aliphatic carbocycles. The van der Waals surface area contributed by atoms with Crippen LogP contribution in [-0.2, 0) is 17.8 Å². The molecule has 0 N–H and O–H groups in total. The van der Waals surface area contributed by atoms with Gasteiger partial charge in [-0.1, -0.05) is 54.0 Å². The Hall–Kier alpha value is -3.61. The van der Waals surface area contributed by atoms with E-state index in [1.165, 1.54) is 20.3 Å². The van der Waals surface area contributed by atoms with E-state index in [9.17, 15) is 9.59 Å². The molecule has 0 saturated carbocycles. The number of nitrogens with zero attached hydrogens (tertiary/aromatic N) is 2. The summed E-state index contributed by atoms with van der Waals surface area (Å²) in [6.07, 6.45) is 3.23. The summed E-state index contributed by atoms with van der Waals surface area (Å²) in [5, 5.41) is 1.16. The molecule has 8 heteroatoms. The molecular formula is C28H24Cl2N2O4. The molecule has 0 aliphatic rings. The third-order valence-electron chi connectivity index (χ3n) is 6.02. The van der Waals surface area contributed by atoms with Gasteiger partial charge in [-0.2, -0.15) is 0 Å². The lowest BCUT2D eigenvalue weighted by molar-refractivity contribution is -0.114. The zero-order valence-electron chi connectivity index (χ0n) is 20.1. The predicted molar refractivity (Wildman–Crippen MR) is 145 cm³/mol. The van der Waals surface area contributed by atoms with Gasteiger partial charge in [0, 0.05) is 41.7 Å². The van der Waals surface area contributed by atoms with Crippen LogP contribution >= 0.6 is 23.2 Å². The second kappa shape index (κ2) is 10.6. The van der Waals surface area contributed by atoms with Crippen LogP contribution in [0.25, 0.3) is 33.3 Å². The molecule has 6 nitrogen and oxygen atoms in total.